The van der Waals surface area contributed by atoms with E-state index in [1.807, 2.05) is 0 Å². The van der Waals surface area contributed by atoms with Crippen LogP contribution in [0.4, 0.5) is 0 Å². The molecule has 0 saturated carbocycles. The number of nitrogens with zero attached hydrogens (tertiary/aromatic N) is 1. The van der Waals surface area contributed by atoms with Gasteiger partial charge in [-0.25, -0.2) is 0 Å². The van der Waals surface area contributed by atoms with E-state index in [0.29, 0.717) is 6.10 Å². The predicted molar refractivity (Wildman–Crippen MR) is 71.8 cm³/mol. The van der Waals surface area contributed by atoms with Gasteiger partial charge in [-0.2, -0.15) is 0 Å². The van der Waals surface area contributed by atoms with Gasteiger partial charge in [-0.05, 0) is 32.1 Å². The molecule has 0 spiro atoms. The Morgan fingerprint density at radius 3 is 1.75 bits per heavy atom. The topological polar surface area (TPSA) is 12.5 Å². The summed E-state index contributed by atoms with van der Waals surface area (Å²) in [7, 11) is 0. The Bertz CT molecular complexity index is 145. The third-order valence-corrected chi connectivity index (χ3v) is 2.32. The Hall–Kier alpha value is -0.0800. The first-order valence-electron chi connectivity index (χ1n) is 6.75. The molecule has 0 aliphatic carbocycles. The highest BCUT2D eigenvalue weighted by atomic mass is 16.5. The highest BCUT2D eigenvalue weighted by Gasteiger charge is 2.09. The predicted octanol–water partition coefficient (Wildman–Crippen LogP) is 3.42. The van der Waals surface area contributed by atoms with Gasteiger partial charge in [-0.15, -0.1) is 0 Å². The van der Waals surface area contributed by atoms with Crippen molar-refractivity contribution in [2.75, 3.05) is 26.2 Å². The van der Waals surface area contributed by atoms with E-state index in [9.17, 15) is 0 Å². The molecule has 0 saturated heterocycles. The molecule has 2 nitrogen and oxygen atoms in total. The van der Waals surface area contributed by atoms with Crippen LogP contribution in [0.2, 0.25) is 0 Å². The molecule has 0 radical (unpaired) electrons. The van der Waals surface area contributed by atoms with Gasteiger partial charge < -0.3 is 9.64 Å². The quantitative estimate of drug-likeness (QED) is 0.562. The highest BCUT2D eigenvalue weighted by Crippen LogP contribution is 2.05. The van der Waals surface area contributed by atoms with E-state index in [1.165, 1.54) is 19.6 Å². The third kappa shape index (κ3) is 10.4. The van der Waals surface area contributed by atoms with Crippen molar-refractivity contribution < 1.29 is 4.74 Å². The maximum absolute atomic E-state index is 5.58. The lowest BCUT2D eigenvalue weighted by Gasteiger charge is -2.26. The number of ether oxygens (including phenoxy) is 1. The van der Waals surface area contributed by atoms with Gasteiger partial charge >= 0.3 is 0 Å². The van der Waals surface area contributed by atoms with E-state index < -0.39 is 0 Å². The van der Waals surface area contributed by atoms with Gasteiger partial charge in [-0.1, -0.05) is 27.7 Å². The van der Waals surface area contributed by atoms with Gasteiger partial charge in [0.15, 0.2) is 0 Å². The van der Waals surface area contributed by atoms with Crippen LogP contribution in [0.25, 0.3) is 0 Å². The maximum Gasteiger partial charge on any atom is 0.0518 e. The van der Waals surface area contributed by atoms with Crippen LogP contribution in [0.15, 0.2) is 0 Å². The summed E-state index contributed by atoms with van der Waals surface area (Å²) in [6.45, 7) is 17.8. The average molecular weight is 229 g/mol. The summed E-state index contributed by atoms with van der Waals surface area (Å²) in [6.07, 6.45) is 1.51. The Morgan fingerprint density at radius 2 is 1.38 bits per heavy atom. The van der Waals surface area contributed by atoms with Crippen molar-refractivity contribution in [2.24, 2.45) is 11.8 Å². The lowest BCUT2D eigenvalue weighted by Crippen LogP contribution is -2.32. The van der Waals surface area contributed by atoms with Crippen molar-refractivity contribution in [1.29, 1.82) is 0 Å². The Morgan fingerprint density at radius 1 is 0.875 bits per heavy atom. The van der Waals surface area contributed by atoms with Gasteiger partial charge in [-0.3, -0.25) is 0 Å². The summed E-state index contributed by atoms with van der Waals surface area (Å²) in [5, 5.41) is 0. The fourth-order valence-electron chi connectivity index (χ4n) is 1.90. The molecule has 16 heavy (non-hydrogen) atoms. The van der Waals surface area contributed by atoms with E-state index in [-0.39, 0.29) is 0 Å². The van der Waals surface area contributed by atoms with Crippen LogP contribution in [0, 0.1) is 11.8 Å². The van der Waals surface area contributed by atoms with Crippen molar-refractivity contribution in [3.63, 3.8) is 0 Å². The van der Waals surface area contributed by atoms with Crippen molar-refractivity contribution in [1.82, 2.24) is 4.90 Å². The summed E-state index contributed by atoms with van der Waals surface area (Å²) in [4.78, 5) is 2.57. The Balaban J connectivity index is 3.73. The molecule has 0 aromatic heterocycles. The van der Waals surface area contributed by atoms with Crippen LogP contribution in [0.1, 0.15) is 48.0 Å². The number of rotatable bonds is 9. The summed E-state index contributed by atoms with van der Waals surface area (Å²) >= 11 is 0. The maximum atomic E-state index is 5.58. The first kappa shape index (κ1) is 15.9. The lowest BCUT2D eigenvalue weighted by molar-refractivity contribution is 0.0685. The first-order chi connectivity index (χ1) is 7.41. The molecule has 0 N–H and O–H groups in total. The standard InChI is InChI=1S/C14H31NO/c1-12(2)10-15(11-13(3)4)8-7-9-16-14(5)6/h12-14H,7-11H2,1-6H3. The third-order valence-electron chi connectivity index (χ3n) is 2.32. The van der Waals surface area contributed by atoms with Crippen molar-refractivity contribution >= 4 is 0 Å². The first-order valence-corrected chi connectivity index (χ1v) is 6.75. The molecule has 0 fully saturated rings. The van der Waals surface area contributed by atoms with Crippen molar-refractivity contribution in [2.45, 2.75) is 54.1 Å². The van der Waals surface area contributed by atoms with Crippen molar-refractivity contribution in [3.8, 4) is 0 Å². The summed E-state index contributed by atoms with van der Waals surface area (Å²) < 4.78 is 5.58. The van der Waals surface area contributed by atoms with Gasteiger partial charge in [0, 0.05) is 26.2 Å². The SMILES string of the molecule is CC(C)CN(CCCOC(C)C)CC(C)C. The molecule has 0 unspecified atom stereocenters. The monoisotopic (exact) mass is 229 g/mol. The van der Waals surface area contributed by atoms with Gasteiger partial charge in [0.1, 0.15) is 0 Å². The normalized spacial score (nSPS) is 12.4. The molecule has 0 atom stereocenters. The van der Waals surface area contributed by atoms with E-state index in [0.717, 1.165) is 24.9 Å². The van der Waals surface area contributed by atoms with Crippen LogP contribution in [-0.2, 0) is 4.74 Å². The molecule has 0 aromatic rings. The second-order valence-corrected chi connectivity index (χ2v) is 5.82. The molecule has 0 bridgehead atoms. The molecule has 0 aromatic carbocycles. The zero-order valence-electron chi connectivity index (χ0n) is 12.1. The van der Waals surface area contributed by atoms with Crippen LogP contribution >= 0.6 is 0 Å². The Labute approximate surface area is 102 Å². The molecule has 0 heterocycles. The fourth-order valence-corrected chi connectivity index (χ4v) is 1.90. The van der Waals surface area contributed by atoms with E-state index in [1.54, 1.807) is 0 Å². The molecule has 98 valence electrons. The lowest BCUT2D eigenvalue weighted by atomic mass is 10.1. The second-order valence-electron chi connectivity index (χ2n) is 5.82. The fraction of sp³-hybridized carbons (Fsp3) is 1.00. The molecule has 0 aliphatic rings. The summed E-state index contributed by atoms with van der Waals surface area (Å²) in [5.41, 5.74) is 0. The second kappa shape index (κ2) is 9.00. The zero-order valence-corrected chi connectivity index (χ0v) is 12.1. The van der Waals surface area contributed by atoms with Gasteiger partial charge in [0.25, 0.3) is 0 Å². The van der Waals surface area contributed by atoms with Crippen LogP contribution in [0.5, 0.6) is 0 Å². The number of hydrogen-bond acceptors (Lipinski definition) is 2. The molecular weight excluding hydrogens is 198 g/mol. The minimum absolute atomic E-state index is 0.364. The molecule has 0 aliphatic heterocycles. The zero-order chi connectivity index (χ0) is 12.6. The molecule has 2 heteroatoms. The average Bonchev–Trinajstić information content (AvgIpc) is 2.09. The Kier molecular flexibility index (Phi) is 8.96. The van der Waals surface area contributed by atoms with E-state index in [2.05, 4.69) is 46.4 Å². The van der Waals surface area contributed by atoms with E-state index in [4.69, 9.17) is 4.74 Å². The molecule has 0 rings (SSSR count). The number of hydrogen-bond donors (Lipinski definition) is 0. The highest BCUT2D eigenvalue weighted by molar-refractivity contribution is 4.62. The van der Waals surface area contributed by atoms with Gasteiger partial charge in [0.2, 0.25) is 0 Å². The minimum atomic E-state index is 0.364. The van der Waals surface area contributed by atoms with Gasteiger partial charge in [0.05, 0.1) is 6.10 Å². The van der Waals surface area contributed by atoms with Crippen molar-refractivity contribution in [3.05, 3.63) is 0 Å². The summed E-state index contributed by atoms with van der Waals surface area (Å²) in [6, 6.07) is 0. The minimum Gasteiger partial charge on any atom is -0.379 e. The van der Waals surface area contributed by atoms with Crippen LogP contribution in [-0.4, -0.2) is 37.2 Å². The smallest absolute Gasteiger partial charge is 0.0518 e. The molecule has 0 amide bonds. The van der Waals surface area contributed by atoms with Crippen LogP contribution < -0.4 is 0 Å². The van der Waals surface area contributed by atoms with Crippen LogP contribution in [0.3, 0.4) is 0 Å². The molecular formula is C14H31NO. The van der Waals surface area contributed by atoms with E-state index >= 15 is 0 Å². The summed E-state index contributed by atoms with van der Waals surface area (Å²) in [5.74, 6) is 1.51. The largest absolute Gasteiger partial charge is 0.379 e.